The van der Waals surface area contributed by atoms with Gasteiger partial charge in [-0.25, -0.2) is 0 Å². The zero-order valence-corrected chi connectivity index (χ0v) is 13.1. The number of amides is 1. The second-order valence-corrected chi connectivity index (χ2v) is 7.01. The van der Waals surface area contributed by atoms with Crippen LogP contribution >= 0.6 is 0 Å². The lowest BCUT2D eigenvalue weighted by Gasteiger charge is -2.29. The molecule has 1 heterocycles. The minimum Gasteiger partial charge on any atom is -0.338 e. The number of fused-ring (bicyclic) bond motifs is 1. The van der Waals surface area contributed by atoms with Crippen molar-refractivity contribution in [2.45, 2.75) is 45.1 Å². The minimum absolute atomic E-state index is 0.173. The molecule has 1 aliphatic carbocycles. The lowest BCUT2D eigenvalue weighted by atomic mass is 9.78. The monoisotopic (exact) mass is 286 g/mol. The minimum atomic E-state index is 0.173. The summed E-state index contributed by atoms with van der Waals surface area (Å²) < 4.78 is 0. The largest absolute Gasteiger partial charge is 0.338 e. The van der Waals surface area contributed by atoms with Crippen LogP contribution < -0.4 is 5.73 Å². The molecule has 1 saturated heterocycles. The summed E-state index contributed by atoms with van der Waals surface area (Å²) in [5.74, 6) is 1.80. The molecule has 0 bridgehead atoms. The van der Waals surface area contributed by atoms with Gasteiger partial charge in [0.2, 0.25) is 0 Å². The van der Waals surface area contributed by atoms with E-state index in [-0.39, 0.29) is 11.9 Å². The van der Waals surface area contributed by atoms with Gasteiger partial charge in [-0.05, 0) is 48.3 Å². The summed E-state index contributed by atoms with van der Waals surface area (Å²) in [5.41, 5.74) is 8.33. The molecule has 3 rings (SSSR count). The molecule has 3 unspecified atom stereocenters. The maximum Gasteiger partial charge on any atom is 0.253 e. The Morgan fingerprint density at radius 3 is 2.52 bits per heavy atom. The van der Waals surface area contributed by atoms with Crippen molar-refractivity contribution < 1.29 is 4.79 Å². The van der Waals surface area contributed by atoms with Gasteiger partial charge in [0.05, 0.1) is 0 Å². The molecular formula is C18H26N2O. The molecule has 2 N–H and O–H groups in total. The normalized spacial score (nSPS) is 28.8. The van der Waals surface area contributed by atoms with E-state index < -0.39 is 0 Å². The molecule has 1 saturated carbocycles. The Balaban J connectivity index is 1.71. The van der Waals surface area contributed by atoms with E-state index in [4.69, 9.17) is 5.73 Å². The highest BCUT2D eigenvalue weighted by Gasteiger charge is 2.40. The zero-order chi connectivity index (χ0) is 15.0. The van der Waals surface area contributed by atoms with Gasteiger partial charge in [-0.1, -0.05) is 32.4 Å². The van der Waals surface area contributed by atoms with E-state index in [9.17, 15) is 4.79 Å². The van der Waals surface area contributed by atoms with Gasteiger partial charge >= 0.3 is 0 Å². The fraction of sp³-hybridized carbons (Fsp3) is 0.611. The SMILES string of the molecule is CC(C)c1ccc(C(=O)N2CC3CCCC(N)C3C2)cc1. The Labute approximate surface area is 127 Å². The van der Waals surface area contributed by atoms with Gasteiger partial charge in [0, 0.05) is 24.7 Å². The summed E-state index contributed by atoms with van der Waals surface area (Å²) >= 11 is 0. The number of nitrogens with zero attached hydrogens (tertiary/aromatic N) is 1. The van der Waals surface area contributed by atoms with Gasteiger partial charge in [-0.3, -0.25) is 4.79 Å². The summed E-state index contributed by atoms with van der Waals surface area (Å²) in [6.07, 6.45) is 3.56. The average molecular weight is 286 g/mol. The van der Waals surface area contributed by atoms with Gasteiger partial charge in [0.25, 0.3) is 5.91 Å². The van der Waals surface area contributed by atoms with Gasteiger partial charge < -0.3 is 10.6 Å². The average Bonchev–Trinajstić information content (AvgIpc) is 2.92. The van der Waals surface area contributed by atoms with Crippen molar-refractivity contribution in [1.29, 1.82) is 0 Å². The number of hydrogen-bond acceptors (Lipinski definition) is 2. The van der Waals surface area contributed by atoms with E-state index in [0.29, 0.717) is 17.8 Å². The molecule has 1 aromatic carbocycles. The van der Waals surface area contributed by atoms with E-state index in [0.717, 1.165) is 25.1 Å². The molecule has 0 radical (unpaired) electrons. The summed E-state index contributed by atoms with van der Waals surface area (Å²) in [6.45, 7) is 6.08. The van der Waals surface area contributed by atoms with Crippen LogP contribution in [0.4, 0.5) is 0 Å². The maximum atomic E-state index is 12.7. The molecule has 0 aromatic heterocycles. The third kappa shape index (κ3) is 2.84. The van der Waals surface area contributed by atoms with Crippen molar-refractivity contribution in [3.05, 3.63) is 35.4 Å². The summed E-state index contributed by atoms with van der Waals surface area (Å²) in [7, 11) is 0. The number of benzene rings is 1. The molecule has 2 aliphatic rings. The molecular weight excluding hydrogens is 260 g/mol. The van der Waals surface area contributed by atoms with Gasteiger partial charge in [0.15, 0.2) is 0 Å². The van der Waals surface area contributed by atoms with Crippen LogP contribution in [0.2, 0.25) is 0 Å². The Hall–Kier alpha value is -1.35. The summed E-state index contributed by atoms with van der Waals surface area (Å²) in [4.78, 5) is 14.7. The first-order valence-corrected chi connectivity index (χ1v) is 8.21. The topological polar surface area (TPSA) is 46.3 Å². The molecule has 1 amide bonds. The quantitative estimate of drug-likeness (QED) is 0.908. The van der Waals surface area contributed by atoms with Crippen LogP contribution in [0, 0.1) is 11.8 Å². The molecule has 2 fully saturated rings. The molecule has 21 heavy (non-hydrogen) atoms. The van der Waals surface area contributed by atoms with Crippen molar-refractivity contribution in [3.8, 4) is 0 Å². The molecule has 0 spiro atoms. The Kier molecular flexibility index (Phi) is 4.03. The van der Waals surface area contributed by atoms with Crippen LogP contribution in [0.25, 0.3) is 0 Å². The number of carbonyl (C=O) groups is 1. The number of nitrogens with two attached hydrogens (primary N) is 1. The first kappa shape index (κ1) is 14.6. The van der Waals surface area contributed by atoms with E-state index in [1.54, 1.807) is 0 Å². The van der Waals surface area contributed by atoms with Gasteiger partial charge in [-0.15, -0.1) is 0 Å². The highest BCUT2D eigenvalue weighted by molar-refractivity contribution is 5.94. The molecule has 3 atom stereocenters. The van der Waals surface area contributed by atoms with Crippen molar-refractivity contribution in [2.75, 3.05) is 13.1 Å². The standard InChI is InChI=1S/C18H26N2O/c1-12(2)13-6-8-14(9-7-13)18(21)20-10-15-4-3-5-17(19)16(15)11-20/h6-9,12,15-17H,3-5,10-11,19H2,1-2H3. The highest BCUT2D eigenvalue weighted by atomic mass is 16.2. The Bertz CT molecular complexity index is 508. The first-order valence-electron chi connectivity index (χ1n) is 8.21. The lowest BCUT2D eigenvalue weighted by molar-refractivity contribution is 0.0783. The number of carbonyl (C=O) groups excluding carboxylic acids is 1. The number of rotatable bonds is 2. The smallest absolute Gasteiger partial charge is 0.253 e. The first-order chi connectivity index (χ1) is 10.1. The van der Waals surface area contributed by atoms with Crippen LogP contribution in [0.15, 0.2) is 24.3 Å². The summed E-state index contributed by atoms with van der Waals surface area (Å²) in [6, 6.07) is 8.38. The summed E-state index contributed by atoms with van der Waals surface area (Å²) in [5, 5.41) is 0. The molecule has 3 heteroatoms. The van der Waals surface area contributed by atoms with Crippen molar-refractivity contribution in [2.24, 2.45) is 17.6 Å². The van der Waals surface area contributed by atoms with Crippen molar-refractivity contribution in [1.82, 2.24) is 4.90 Å². The van der Waals surface area contributed by atoms with Crippen LogP contribution in [-0.2, 0) is 0 Å². The second kappa shape index (κ2) is 5.80. The number of likely N-dealkylation sites (tertiary alicyclic amines) is 1. The molecule has 114 valence electrons. The van der Waals surface area contributed by atoms with Crippen molar-refractivity contribution >= 4 is 5.91 Å². The zero-order valence-electron chi connectivity index (χ0n) is 13.1. The molecule has 1 aliphatic heterocycles. The van der Waals surface area contributed by atoms with Crippen LogP contribution in [0.1, 0.15) is 54.9 Å². The van der Waals surface area contributed by atoms with E-state index >= 15 is 0 Å². The Morgan fingerprint density at radius 1 is 1.19 bits per heavy atom. The lowest BCUT2D eigenvalue weighted by Crippen LogP contribution is -2.38. The van der Waals surface area contributed by atoms with Gasteiger partial charge in [-0.2, -0.15) is 0 Å². The van der Waals surface area contributed by atoms with Crippen LogP contribution in [0.5, 0.6) is 0 Å². The Morgan fingerprint density at radius 2 is 1.90 bits per heavy atom. The predicted octanol–water partition coefficient (Wildman–Crippen LogP) is 3.01. The predicted molar refractivity (Wildman–Crippen MR) is 85.2 cm³/mol. The number of hydrogen-bond donors (Lipinski definition) is 1. The molecule has 3 nitrogen and oxygen atoms in total. The highest BCUT2D eigenvalue weighted by Crippen LogP contribution is 2.36. The van der Waals surface area contributed by atoms with Crippen LogP contribution in [0.3, 0.4) is 0 Å². The third-order valence-electron chi connectivity index (χ3n) is 5.27. The van der Waals surface area contributed by atoms with Crippen molar-refractivity contribution in [3.63, 3.8) is 0 Å². The maximum absolute atomic E-state index is 12.7. The second-order valence-electron chi connectivity index (χ2n) is 7.01. The fourth-order valence-corrected chi connectivity index (χ4v) is 3.88. The van der Waals surface area contributed by atoms with E-state index in [1.165, 1.54) is 18.4 Å². The fourth-order valence-electron chi connectivity index (χ4n) is 3.88. The van der Waals surface area contributed by atoms with E-state index in [2.05, 4.69) is 26.0 Å². The van der Waals surface area contributed by atoms with Gasteiger partial charge in [0.1, 0.15) is 0 Å². The third-order valence-corrected chi connectivity index (χ3v) is 5.27. The van der Waals surface area contributed by atoms with Crippen LogP contribution in [-0.4, -0.2) is 29.9 Å². The molecule has 1 aromatic rings. The van der Waals surface area contributed by atoms with E-state index in [1.807, 2.05) is 17.0 Å².